The van der Waals surface area contributed by atoms with Crippen LogP contribution in [0.3, 0.4) is 0 Å². The number of rotatable bonds is 9. The summed E-state index contributed by atoms with van der Waals surface area (Å²) in [6, 6.07) is 10.6. The molecule has 5 aliphatic rings. The molecule has 8 nitrogen and oxygen atoms in total. The van der Waals surface area contributed by atoms with E-state index in [1.165, 1.54) is 0 Å². The van der Waals surface area contributed by atoms with E-state index >= 15 is 0 Å². The van der Waals surface area contributed by atoms with Crippen molar-refractivity contribution < 1.29 is 27.8 Å². The van der Waals surface area contributed by atoms with Gasteiger partial charge in [-0.1, -0.05) is 30.3 Å². The topological polar surface area (TPSA) is 74.4 Å². The van der Waals surface area contributed by atoms with Crippen molar-refractivity contribution in [2.24, 2.45) is 11.8 Å². The van der Waals surface area contributed by atoms with Crippen LogP contribution in [-0.2, 0) is 14.3 Å². The smallest absolute Gasteiger partial charge is 0.320 e. The summed E-state index contributed by atoms with van der Waals surface area (Å²) >= 11 is 0. The number of fused-ring (bicyclic) bond motifs is 2. The summed E-state index contributed by atoms with van der Waals surface area (Å²) in [5.41, 5.74) is 0.832. The van der Waals surface area contributed by atoms with Crippen LogP contribution in [0.15, 0.2) is 30.3 Å². The first-order chi connectivity index (χ1) is 19.6. The Bertz CT molecular complexity index is 1080. The molecule has 2 unspecified atom stereocenters. The monoisotopic (exact) mass is 610 g/mol. The van der Waals surface area contributed by atoms with Crippen molar-refractivity contribution in [2.45, 2.75) is 94.4 Å². The molecule has 5 fully saturated rings. The van der Waals surface area contributed by atoms with Crippen molar-refractivity contribution in [3.05, 3.63) is 35.9 Å². The Morgan fingerprint density at radius 3 is 2.29 bits per heavy atom. The summed E-state index contributed by atoms with van der Waals surface area (Å²) in [5.74, 6) is -3.40. The zero-order valence-corrected chi connectivity index (χ0v) is 25.5. The van der Waals surface area contributed by atoms with Crippen LogP contribution < -0.4 is 5.32 Å². The predicted octanol–water partition coefficient (Wildman–Crippen LogP) is 4.83. The van der Waals surface area contributed by atoms with Gasteiger partial charge in [0.15, 0.2) is 0 Å². The standard InChI is InChI=1S/C31H44F2N4O4.ClH/c1-21(2)37-29(39)35(16-22-17-40-20-41-18-22)19-30(37)14-25-8-9-26(15-30)36(25)11-10-27(23-6-4-3-5-7-23)34-28(38)24-12-31(32,33)13-24;/h3-7,21-22,24-27H,8-20H2,1-2H3,(H,34,38);1H/t25?,26?,27-,30?;/m0./s1. The first-order valence-electron chi connectivity index (χ1n) is 15.4. The van der Waals surface area contributed by atoms with Crippen molar-refractivity contribution in [3.8, 4) is 0 Å². The van der Waals surface area contributed by atoms with E-state index in [1.807, 2.05) is 35.2 Å². The first-order valence-corrected chi connectivity index (χ1v) is 15.4. The predicted molar refractivity (Wildman–Crippen MR) is 157 cm³/mol. The molecule has 4 saturated heterocycles. The molecule has 234 valence electrons. The second-order valence-corrected chi connectivity index (χ2v) is 13.3. The highest BCUT2D eigenvalue weighted by Gasteiger charge is 2.58. The third-order valence-electron chi connectivity index (χ3n) is 10.00. The number of urea groups is 1. The van der Waals surface area contributed by atoms with Crippen LogP contribution in [0.2, 0.25) is 0 Å². The van der Waals surface area contributed by atoms with E-state index in [1.54, 1.807) is 0 Å². The molecule has 1 aromatic rings. The quantitative estimate of drug-likeness (QED) is 0.434. The van der Waals surface area contributed by atoms with Crippen molar-refractivity contribution in [1.82, 2.24) is 20.0 Å². The fourth-order valence-corrected chi connectivity index (χ4v) is 8.25. The minimum atomic E-state index is -2.72. The van der Waals surface area contributed by atoms with Gasteiger partial charge < -0.3 is 24.6 Å². The molecule has 1 aliphatic carbocycles. The summed E-state index contributed by atoms with van der Waals surface area (Å²) in [5, 5.41) is 3.10. The molecule has 1 saturated carbocycles. The SMILES string of the molecule is CC(C)N1C(=O)N(CC2COCOC2)CC12CC1CCC(C2)N1CC[C@H](NC(=O)C1CC(F)(F)C1)c1ccccc1.Cl. The molecule has 1 aromatic carbocycles. The van der Waals surface area contributed by atoms with E-state index in [0.29, 0.717) is 38.6 Å². The number of carbonyl (C=O) groups excluding carboxylic acids is 2. The molecular formula is C31H45ClF2N4O4. The highest BCUT2D eigenvalue weighted by atomic mass is 35.5. The van der Waals surface area contributed by atoms with Crippen LogP contribution >= 0.6 is 12.4 Å². The maximum absolute atomic E-state index is 13.7. The molecule has 1 spiro atoms. The number of halogens is 3. The lowest BCUT2D eigenvalue weighted by Crippen LogP contribution is -2.60. The van der Waals surface area contributed by atoms with Gasteiger partial charge >= 0.3 is 6.03 Å². The number of benzene rings is 1. The minimum absolute atomic E-state index is 0. The number of piperidine rings is 1. The third kappa shape index (κ3) is 6.28. The normalized spacial score (nSPS) is 30.5. The van der Waals surface area contributed by atoms with Crippen molar-refractivity contribution in [2.75, 3.05) is 39.6 Å². The maximum Gasteiger partial charge on any atom is 0.320 e. The Morgan fingerprint density at radius 1 is 1.05 bits per heavy atom. The third-order valence-corrected chi connectivity index (χ3v) is 10.00. The van der Waals surface area contributed by atoms with Gasteiger partial charge in [0, 0.05) is 62.4 Å². The number of carbonyl (C=O) groups is 2. The zero-order chi connectivity index (χ0) is 28.8. The number of nitrogens with one attached hydrogen (secondary N) is 1. The Morgan fingerprint density at radius 2 is 1.69 bits per heavy atom. The number of hydrogen-bond acceptors (Lipinski definition) is 5. The van der Waals surface area contributed by atoms with E-state index in [4.69, 9.17) is 9.47 Å². The van der Waals surface area contributed by atoms with Gasteiger partial charge in [-0.05, 0) is 51.5 Å². The average molecular weight is 611 g/mol. The van der Waals surface area contributed by atoms with Gasteiger partial charge in [-0.25, -0.2) is 13.6 Å². The zero-order valence-electron chi connectivity index (χ0n) is 24.7. The van der Waals surface area contributed by atoms with Crippen molar-refractivity contribution >= 4 is 24.3 Å². The van der Waals surface area contributed by atoms with E-state index in [-0.39, 0.29) is 60.7 Å². The number of hydrogen-bond donors (Lipinski definition) is 1. The fraction of sp³-hybridized carbons (Fsp3) is 0.742. The lowest BCUT2D eigenvalue weighted by atomic mass is 9.80. The van der Waals surface area contributed by atoms with Crippen LogP contribution in [-0.4, -0.2) is 95.9 Å². The average Bonchev–Trinajstić information content (AvgIpc) is 3.34. The summed E-state index contributed by atoms with van der Waals surface area (Å²) in [7, 11) is 0. The molecule has 11 heteroatoms. The lowest BCUT2D eigenvalue weighted by molar-refractivity contribution is -0.151. The van der Waals surface area contributed by atoms with Crippen LogP contribution in [0.25, 0.3) is 0 Å². The van der Waals surface area contributed by atoms with Crippen molar-refractivity contribution in [3.63, 3.8) is 0 Å². The van der Waals surface area contributed by atoms with Crippen LogP contribution in [0, 0.1) is 11.8 Å². The number of amides is 3. The number of alkyl halides is 2. The first kappa shape index (κ1) is 31.4. The summed E-state index contributed by atoms with van der Waals surface area (Å²) in [4.78, 5) is 33.3. The molecule has 1 N–H and O–H groups in total. The van der Waals surface area contributed by atoms with Crippen molar-refractivity contribution in [1.29, 1.82) is 0 Å². The van der Waals surface area contributed by atoms with Gasteiger partial charge in [0.2, 0.25) is 11.8 Å². The Labute approximate surface area is 253 Å². The number of nitrogens with zero attached hydrogens (tertiary/aromatic N) is 3. The van der Waals surface area contributed by atoms with E-state index in [2.05, 4.69) is 29.0 Å². The summed E-state index contributed by atoms with van der Waals surface area (Å²) < 4.78 is 37.9. The van der Waals surface area contributed by atoms with E-state index in [9.17, 15) is 18.4 Å². The van der Waals surface area contributed by atoms with Crippen LogP contribution in [0.4, 0.5) is 13.6 Å². The number of ether oxygens (including phenoxy) is 2. The van der Waals surface area contributed by atoms with Gasteiger partial charge in [-0.3, -0.25) is 9.69 Å². The molecule has 6 rings (SSSR count). The Balaban J connectivity index is 0.00000353. The minimum Gasteiger partial charge on any atom is -0.355 e. The highest BCUT2D eigenvalue weighted by Crippen LogP contribution is 2.48. The Kier molecular flexibility index (Phi) is 9.38. The summed E-state index contributed by atoms with van der Waals surface area (Å²) in [6.45, 7) is 8.05. The van der Waals surface area contributed by atoms with Gasteiger partial charge in [-0.15, -0.1) is 12.4 Å². The maximum atomic E-state index is 13.7. The molecule has 0 radical (unpaired) electrons. The molecular weight excluding hydrogens is 566 g/mol. The second-order valence-electron chi connectivity index (χ2n) is 13.3. The van der Waals surface area contributed by atoms with E-state index in [0.717, 1.165) is 50.8 Å². The van der Waals surface area contributed by atoms with Gasteiger partial charge in [0.1, 0.15) is 6.79 Å². The lowest BCUT2D eigenvalue weighted by Gasteiger charge is -2.49. The van der Waals surface area contributed by atoms with Crippen LogP contribution in [0.5, 0.6) is 0 Å². The molecule has 3 amide bonds. The van der Waals surface area contributed by atoms with E-state index < -0.39 is 11.8 Å². The molecule has 2 bridgehead atoms. The highest BCUT2D eigenvalue weighted by molar-refractivity contribution is 5.85. The second kappa shape index (κ2) is 12.5. The molecule has 4 aliphatic heterocycles. The molecule has 4 heterocycles. The molecule has 0 aromatic heterocycles. The molecule has 3 atom stereocenters. The Hall–Kier alpha value is -2.01. The fourth-order valence-electron chi connectivity index (χ4n) is 8.25. The summed E-state index contributed by atoms with van der Waals surface area (Å²) in [6.07, 6.45) is 4.11. The largest absolute Gasteiger partial charge is 0.355 e. The van der Waals surface area contributed by atoms with Gasteiger partial charge in [0.25, 0.3) is 0 Å². The van der Waals surface area contributed by atoms with Gasteiger partial charge in [0.05, 0.1) is 24.8 Å². The molecule has 42 heavy (non-hydrogen) atoms. The van der Waals surface area contributed by atoms with Crippen LogP contribution in [0.1, 0.15) is 70.4 Å². The van der Waals surface area contributed by atoms with Gasteiger partial charge in [-0.2, -0.15) is 0 Å².